The van der Waals surface area contributed by atoms with Crippen LogP contribution in [0.1, 0.15) is 18.1 Å². The van der Waals surface area contributed by atoms with Crippen LogP contribution in [0.2, 0.25) is 0 Å². The maximum atomic E-state index is 11.0. The molecule has 5 heteroatoms. The first-order chi connectivity index (χ1) is 12.0. The first-order valence-corrected chi connectivity index (χ1v) is 8.24. The first-order valence-electron chi connectivity index (χ1n) is 8.24. The van der Waals surface area contributed by atoms with E-state index in [1.807, 2.05) is 60.5 Å². The van der Waals surface area contributed by atoms with Crippen LogP contribution < -0.4 is 9.47 Å². The van der Waals surface area contributed by atoms with E-state index < -0.39 is 11.9 Å². The maximum Gasteiger partial charge on any atom is 0.307 e. The van der Waals surface area contributed by atoms with Crippen LogP contribution in [0.4, 0.5) is 0 Å². The molecule has 0 aromatic heterocycles. The first kappa shape index (κ1) is 18.8. The third-order valence-electron chi connectivity index (χ3n) is 3.92. The molecule has 0 aliphatic carbocycles. The van der Waals surface area contributed by atoms with Crippen molar-refractivity contribution in [2.45, 2.75) is 20.1 Å². The highest BCUT2D eigenvalue weighted by atomic mass is 16.5. The minimum absolute atomic E-state index is 0.406. The molecule has 0 radical (unpaired) electrons. The number of carboxylic acid groups (broad SMARTS) is 1. The molecule has 1 N–H and O–H groups in total. The smallest absolute Gasteiger partial charge is 0.307 e. The van der Waals surface area contributed by atoms with Gasteiger partial charge in [0, 0.05) is 13.1 Å². The lowest BCUT2D eigenvalue weighted by Crippen LogP contribution is -2.28. The molecule has 2 aromatic carbocycles. The van der Waals surface area contributed by atoms with Gasteiger partial charge in [0.1, 0.15) is 6.61 Å². The van der Waals surface area contributed by atoms with Crippen molar-refractivity contribution in [3.63, 3.8) is 0 Å². The van der Waals surface area contributed by atoms with Gasteiger partial charge in [-0.15, -0.1) is 0 Å². The summed E-state index contributed by atoms with van der Waals surface area (Å²) in [6.07, 6.45) is 0. The minimum atomic E-state index is -0.784. The Bertz CT molecular complexity index is 687. The van der Waals surface area contributed by atoms with Crippen LogP contribution in [0.5, 0.6) is 11.5 Å². The van der Waals surface area contributed by atoms with E-state index in [1.165, 1.54) is 0 Å². The molecule has 1 atom stereocenters. The van der Waals surface area contributed by atoms with Gasteiger partial charge in [0.25, 0.3) is 0 Å². The Balaban J connectivity index is 2.04. The number of rotatable bonds is 9. The van der Waals surface area contributed by atoms with Gasteiger partial charge in [-0.2, -0.15) is 0 Å². The molecule has 0 spiro atoms. The molecule has 0 amide bonds. The number of benzene rings is 2. The Morgan fingerprint density at radius 3 is 2.48 bits per heavy atom. The summed E-state index contributed by atoms with van der Waals surface area (Å²) in [7, 11) is 3.53. The van der Waals surface area contributed by atoms with Crippen LogP contribution >= 0.6 is 0 Å². The van der Waals surface area contributed by atoms with E-state index >= 15 is 0 Å². The van der Waals surface area contributed by atoms with Gasteiger partial charge in [0.05, 0.1) is 13.0 Å². The third-order valence-corrected chi connectivity index (χ3v) is 3.92. The number of carboxylic acids is 1. The SMILES string of the molecule is COc1ccc(CN(C)CC(C)C(=O)O)cc1OCc1ccccc1. The van der Waals surface area contributed by atoms with Crippen molar-refractivity contribution < 1.29 is 19.4 Å². The molecule has 0 saturated carbocycles. The van der Waals surface area contributed by atoms with Gasteiger partial charge in [-0.05, 0) is 30.3 Å². The predicted molar refractivity (Wildman–Crippen MR) is 96.9 cm³/mol. The summed E-state index contributed by atoms with van der Waals surface area (Å²) >= 11 is 0. The lowest BCUT2D eigenvalue weighted by molar-refractivity contribution is -0.141. The lowest BCUT2D eigenvalue weighted by atomic mass is 10.1. The Kier molecular flexibility index (Phi) is 6.83. The number of carbonyl (C=O) groups is 1. The zero-order valence-corrected chi connectivity index (χ0v) is 14.9. The second kappa shape index (κ2) is 9.08. The molecular weight excluding hydrogens is 318 g/mol. The van der Waals surface area contributed by atoms with Gasteiger partial charge in [0.2, 0.25) is 0 Å². The number of hydrogen-bond donors (Lipinski definition) is 1. The Morgan fingerprint density at radius 1 is 1.12 bits per heavy atom. The highest BCUT2D eigenvalue weighted by Crippen LogP contribution is 2.29. The van der Waals surface area contributed by atoms with E-state index in [1.54, 1.807) is 14.0 Å². The molecule has 2 rings (SSSR count). The van der Waals surface area contributed by atoms with Gasteiger partial charge >= 0.3 is 5.97 Å². The average Bonchev–Trinajstić information content (AvgIpc) is 2.60. The highest BCUT2D eigenvalue weighted by Gasteiger charge is 2.14. The van der Waals surface area contributed by atoms with Gasteiger partial charge in [-0.1, -0.05) is 43.3 Å². The largest absolute Gasteiger partial charge is 0.493 e. The second-order valence-electron chi connectivity index (χ2n) is 6.20. The number of aliphatic carboxylic acids is 1. The number of ether oxygens (including phenoxy) is 2. The Morgan fingerprint density at radius 2 is 1.84 bits per heavy atom. The molecule has 0 aliphatic rings. The van der Waals surface area contributed by atoms with E-state index in [-0.39, 0.29) is 0 Å². The Labute approximate surface area is 148 Å². The summed E-state index contributed by atoms with van der Waals surface area (Å²) in [5, 5.41) is 9.02. The predicted octanol–water partition coefficient (Wildman–Crippen LogP) is 3.43. The summed E-state index contributed by atoms with van der Waals surface area (Å²) in [6, 6.07) is 15.7. The summed E-state index contributed by atoms with van der Waals surface area (Å²) < 4.78 is 11.3. The fourth-order valence-electron chi connectivity index (χ4n) is 2.59. The Hall–Kier alpha value is -2.53. The lowest BCUT2D eigenvalue weighted by Gasteiger charge is -2.20. The van der Waals surface area contributed by atoms with Crippen molar-refractivity contribution >= 4 is 5.97 Å². The molecule has 0 saturated heterocycles. The van der Waals surface area contributed by atoms with E-state index in [0.29, 0.717) is 31.2 Å². The third kappa shape index (κ3) is 5.80. The fraction of sp³-hybridized carbons (Fsp3) is 0.350. The normalized spacial score (nSPS) is 12.0. The van der Waals surface area contributed by atoms with Crippen LogP contribution in [0.3, 0.4) is 0 Å². The topological polar surface area (TPSA) is 59.0 Å². The van der Waals surface area contributed by atoms with Crippen molar-refractivity contribution in [1.82, 2.24) is 4.90 Å². The van der Waals surface area contributed by atoms with E-state index in [9.17, 15) is 4.79 Å². The second-order valence-corrected chi connectivity index (χ2v) is 6.20. The zero-order chi connectivity index (χ0) is 18.2. The summed E-state index contributed by atoms with van der Waals surface area (Å²) in [5.74, 6) is 0.176. The minimum Gasteiger partial charge on any atom is -0.493 e. The fourth-order valence-corrected chi connectivity index (χ4v) is 2.59. The van der Waals surface area contributed by atoms with E-state index in [0.717, 1.165) is 11.1 Å². The number of nitrogens with zero attached hydrogens (tertiary/aromatic N) is 1. The molecule has 25 heavy (non-hydrogen) atoms. The molecule has 5 nitrogen and oxygen atoms in total. The molecular formula is C20H25NO4. The molecule has 0 heterocycles. The quantitative estimate of drug-likeness (QED) is 0.756. The van der Waals surface area contributed by atoms with Crippen molar-refractivity contribution in [2.24, 2.45) is 5.92 Å². The zero-order valence-electron chi connectivity index (χ0n) is 14.9. The van der Waals surface area contributed by atoms with Gasteiger partial charge in [0.15, 0.2) is 11.5 Å². The van der Waals surface area contributed by atoms with E-state index in [4.69, 9.17) is 14.6 Å². The highest BCUT2D eigenvalue weighted by molar-refractivity contribution is 5.69. The molecule has 1 unspecified atom stereocenters. The molecule has 0 bridgehead atoms. The summed E-state index contributed by atoms with van der Waals surface area (Å²) in [4.78, 5) is 13.0. The van der Waals surface area contributed by atoms with Crippen LogP contribution in [0.15, 0.2) is 48.5 Å². The van der Waals surface area contributed by atoms with Gasteiger partial charge < -0.3 is 19.5 Å². The van der Waals surface area contributed by atoms with Crippen LogP contribution in [-0.4, -0.2) is 36.7 Å². The standard InChI is InChI=1S/C20H25NO4/c1-15(20(22)23)12-21(2)13-17-9-10-18(24-3)19(11-17)25-14-16-7-5-4-6-8-16/h4-11,15H,12-14H2,1-3H3,(H,22,23). The molecule has 0 fully saturated rings. The maximum absolute atomic E-state index is 11.0. The van der Waals surface area contributed by atoms with Crippen molar-refractivity contribution in [1.29, 1.82) is 0 Å². The van der Waals surface area contributed by atoms with Crippen LogP contribution in [0.25, 0.3) is 0 Å². The monoisotopic (exact) mass is 343 g/mol. The van der Waals surface area contributed by atoms with Crippen molar-refractivity contribution in [2.75, 3.05) is 20.7 Å². The van der Waals surface area contributed by atoms with Gasteiger partial charge in [-0.25, -0.2) is 0 Å². The number of hydrogen-bond acceptors (Lipinski definition) is 4. The summed E-state index contributed by atoms with van der Waals surface area (Å²) in [5.41, 5.74) is 2.13. The van der Waals surface area contributed by atoms with Crippen molar-refractivity contribution in [3.05, 3.63) is 59.7 Å². The molecule has 2 aromatic rings. The van der Waals surface area contributed by atoms with Crippen molar-refractivity contribution in [3.8, 4) is 11.5 Å². The summed E-state index contributed by atoms with van der Waals surface area (Å²) in [6.45, 7) is 3.30. The molecule has 0 aliphatic heterocycles. The molecule has 134 valence electrons. The average molecular weight is 343 g/mol. The van der Waals surface area contributed by atoms with E-state index in [2.05, 4.69) is 0 Å². The van der Waals surface area contributed by atoms with Crippen LogP contribution in [-0.2, 0) is 17.9 Å². The van der Waals surface area contributed by atoms with Crippen LogP contribution in [0, 0.1) is 5.92 Å². The van der Waals surface area contributed by atoms with Gasteiger partial charge in [-0.3, -0.25) is 4.79 Å². The number of methoxy groups -OCH3 is 1.